The molecule has 1 aliphatic heterocycles. The number of fused-ring (bicyclic) bond motifs is 1. The van der Waals surface area contributed by atoms with Crippen LogP contribution in [0.1, 0.15) is 19.6 Å². The third-order valence-electron chi connectivity index (χ3n) is 3.47. The van der Waals surface area contributed by atoms with Gasteiger partial charge in [0.2, 0.25) is 5.95 Å². The van der Waals surface area contributed by atoms with E-state index >= 15 is 0 Å². The van der Waals surface area contributed by atoms with Gasteiger partial charge in [0.15, 0.2) is 17.4 Å². The summed E-state index contributed by atoms with van der Waals surface area (Å²) in [4.78, 5) is 21.8. The van der Waals surface area contributed by atoms with Crippen LogP contribution in [0.15, 0.2) is 11.1 Å². The summed E-state index contributed by atoms with van der Waals surface area (Å²) in [6.45, 7) is 1.80. The standard InChI is InChI=1S/C10H13N5O5.C3H8O/c11-10-13-7-4(8(19)14-10)12-2-15(7)9-6(18)5(17)3(1-16)20-9;1-2-3-4/h2-3,5-6,9,16-18H,1H2,(H3,11,13,14,19);4H,2-3H2,1H3/t3-,5-,6-,9-;/m1./s1. The van der Waals surface area contributed by atoms with E-state index in [1.54, 1.807) is 0 Å². The van der Waals surface area contributed by atoms with Gasteiger partial charge in [0.1, 0.15) is 18.3 Å². The second-order valence-corrected chi connectivity index (χ2v) is 5.23. The first kappa shape index (κ1) is 18.3. The molecule has 3 rings (SSSR count). The van der Waals surface area contributed by atoms with Crippen molar-refractivity contribution in [3.05, 3.63) is 16.7 Å². The Morgan fingerprint density at radius 1 is 1.38 bits per heavy atom. The van der Waals surface area contributed by atoms with Crippen LogP contribution in [0.5, 0.6) is 0 Å². The molecule has 1 fully saturated rings. The van der Waals surface area contributed by atoms with Crippen molar-refractivity contribution in [1.82, 2.24) is 19.5 Å². The lowest BCUT2D eigenvalue weighted by atomic mass is 10.1. The molecule has 0 spiro atoms. The highest BCUT2D eigenvalue weighted by molar-refractivity contribution is 5.70. The molecule has 0 aliphatic carbocycles. The number of anilines is 1. The average Bonchev–Trinajstić information content (AvgIpc) is 3.10. The predicted octanol–water partition coefficient (Wildman–Crippen LogP) is -2.30. The van der Waals surface area contributed by atoms with Crippen molar-refractivity contribution >= 4 is 17.1 Å². The number of aliphatic hydroxyl groups is 4. The van der Waals surface area contributed by atoms with Crippen LogP contribution in [0.25, 0.3) is 11.2 Å². The molecule has 24 heavy (non-hydrogen) atoms. The topological polar surface area (TPSA) is 180 Å². The number of hydrogen-bond donors (Lipinski definition) is 6. The summed E-state index contributed by atoms with van der Waals surface area (Å²) in [5.41, 5.74) is 5.12. The second kappa shape index (κ2) is 7.68. The van der Waals surface area contributed by atoms with Gasteiger partial charge in [-0.05, 0) is 6.42 Å². The summed E-state index contributed by atoms with van der Waals surface area (Å²) in [5.74, 6) is -0.101. The summed E-state index contributed by atoms with van der Waals surface area (Å²) in [6.07, 6.45) is -2.34. The number of imidazole rings is 1. The zero-order valence-electron chi connectivity index (χ0n) is 13.0. The zero-order valence-corrected chi connectivity index (χ0v) is 13.0. The first-order chi connectivity index (χ1) is 11.4. The summed E-state index contributed by atoms with van der Waals surface area (Å²) < 4.78 is 6.64. The second-order valence-electron chi connectivity index (χ2n) is 5.23. The van der Waals surface area contributed by atoms with Crippen molar-refractivity contribution in [2.45, 2.75) is 37.9 Å². The van der Waals surface area contributed by atoms with Crippen molar-refractivity contribution in [3.63, 3.8) is 0 Å². The molecule has 3 heterocycles. The van der Waals surface area contributed by atoms with Crippen molar-refractivity contribution in [2.24, 2.45) is 0 Å². The number of aromatic amines is 1. The monoisotopic (exact) mass is 343 g/mol. The lowest BCUT2D eigenvalue weighted by molar-refractivity contribution is -0.0511. The van der Waals surface area contributed by atoms with Crippen molar-refractivity contribution < 1.29 is 25.2 Å². The van der Waals surface area contributed by atoms with E-state index in [1.165, 1.54) is 10.9 Å². The van der Waals surface area contributed by atoms with E-state index in [1.807, 2.05) is 6.92 Å². The molecule has 134 valence electrons. The molecule has 1 saturated heterocycles. The van der Waals surface area contributed by atoms with Gasteiger partial charge in [-0.3, -0.25) is 14.3 Å². The molecule has 0 aromatic carbocycles. The van der Waals surface area contributed by atoms with E-state index in [-0.39, 0.29) is 17.1 Å². The molecule has 2 aromatic heterocycles. The maximum Gasteiger partial charge on any atom is 0.280 e. The number of nitrogens with zero attached hydrogens (tertiary/aromatic N) is 3. The molecule has 0 amide bonds. The Bertz CT molecular complexity index is 729. The molecular weight excluding hydrogens is 322 g/mol. The summed E-state index contributed by atoms with van der Waals surface area (Å²) >= 11 is 0. The fourth-order valence-corrected chi connectivity index (χ4v) is 2.24. The summed E-state index contributed by atoms with van der Waals surface area (Å²) in [7, 11) is 0. The SMILES string of the molecule is CCCO.Nc1nc2c(ncn2[C@@H]2O[C@H](CO)[C@@H](O)[C@H]2O)c(=O)[nH]1. The number of rotatable bonds is 3. The molecule has 11 heteroatoms. The van der Waals surface area contributed by atoms with Gasteiger partial charge in [-0.2, -0.15) is 4.98 Å². The fourth-order valence-electron chi connectivity index (χ4n) is 2.24. The average molecular weight is 343 g/mol. The van der Waals surface area contributed by atoms with Crippen LogP contribution in [0.2, 0.25) is 0 Å². The highest BCUT2D eigenvalue weighted by Gasteiger charge is 2.44. The minimum Gasteiger partial charge on any atom is -0.396 e. The first-order valence-electron chi connectivity index (χ1n) is 7.40. The van der Waals surface area contributed by atoms with Gasteiger partial charge in [0.25, 0.3) is 5.56 Å². The molecular formula is C13H21N5O6. The number of aromatic nitrogens is 4. The Morgan fingerprint density at radius 3 is 2.58 bits per heavy atom. The number of hydrogen-bond acceptors (Lipinski definition) is 9. The van der Waals surface area contributed by atoms with E-state index < -0.39 is 36.7 Å². The smallest absolute Gasteiger partial charge is 0.280 e. The van der Waals surface area contributed by atoms with Gasteiger partial charge in [-0.15, -0.1) is 0 Å². The predicted molar refractivity (Wildman–Crippen MR) is 82.9 cm³/mol. The maximum absolute atomic E-state index is 11.7. The number of ether oxygens (including phenoxy) is 1. The molecule has 7 N–H and O–H groups in total. The highest BCUT2D eigenvalue weighted by atomic mass is 16.6. The van der Waals surface area contributed by atoms with Gasteiger partial charge in [0.05, 0.1) is 12.9 Å². The fraction of sp³-hybridized carbons (Fsp3) is 0.615. The van der Waals surface area contributed by atoms with E-state index in [0.29, 0.717) is 6.61 Å². The van der Waals surface area contributed by atoms with E-state index in [0.717, 1.165) is 6.42 Å². The lowest BCUT2D eigenvalue weighted by Crippen LogP contribution is -2.33. The molecule has 0 saturated carbocycles. The third-order valence-corrected chi connectivity index (χ3v) is 3.47. The first-order valence-corrected chi connectivity index (χ1v) is 7.40. The Hall–Kier alpha value is -2.05. The van der Waals surface area contributed by atoms with Gasteiger partial charge in [-0.25, -0.2) is 4.98 Å². The Kier molecular flexibility index (Phi) is 5.85. The van der Waals surface area contributed by atoms with Gasteiger partial charge < -0.3 is 30.9 Å². The molecule has 4 atom stereocenters. The minimum atomic E-state index is -1.29. The quantitative estimate of drug-likeness (QED) is 0.357. The number of nitrogens with two attached hydrogens (primary N) is 1. The maximum atomic E-state index is 11.7. The van der Waals surface area contributed by atoms with Crippen LogP contribution >= 0.6 is 0 Å². The number of aliphatic hydroxyl groups excluding tert-OH is 4. The van der Waals surface area contributed by atoms with Crippen molar-refractivity contribution in [2.75, 3.05) is 18.9 Å². The van der Waals surface area contributed by atoms with E-state index in [9.17, 15) is 15.0 Å². The zero-order chi connectivity index (χ0) is 17.9. The van der Waals surface area contributed by atoms with Gasteiger partial charge >= 0.3 is 0 Å². The van der Waals surface area contributed by atoms with Gasteiger partial charge in [-0.1, -0.05) is 6.92 Å². The Balaban J connectivity index is 0.000000471. The van der Waals surface area contributed by atoms with Crippen molar-refractivity contribution in [1.29, 1.82) is 0 Å². The van der Waals surface area contributed by atoms with Crippen LogP contribution in [0, 0.1) is 0 Å². The van der Waals surface area contributed by atoms with E-state index in [2.05, 4.69) is 15.0 Å². The molecule has 0 bridgehead atoms. The number of nitrogens with one attached hydrogen (secondary N) is 1. The van der Waals surface area contributed by atoms with Crippen LogP contribution in [0.4, 0.5) is 5.95 Å². The summed E-state index contributed by atoms with van der Waals surface area (Å²) in [6, 6.07) is 0. The number of H-pyrrole nitrogens is 1. The van der Waals surface area contributed by atoms with E-state index in [4.69, 9.17) is 20.7 Å². The molecule has 11 nitrogen and oxygen atoms in total. The van der Waals surface area contributed by atoms with Gasteiger partial charge in [0, 0.05) is 6.61 Å². The molecule has 2 aromatic rings. The number of nitrogen functional groups attached to an aromatic ring is 1. The van der Waals surface area contributed by atoms with Crippen LogP contribution < -0.4 is 11.3 Å². The Morgan fingerprint density at radius 2 is 2.04 bits per heavy atom. The molecule has 1 aliphatic rings. The highest BCUT2D eigenvalue weighted by Crippen LogP contribution is 2.30. The minimum absolute atomic E-state index is 0.0388. The summed E-state index contributed by atoms with van der Waals surface area (Å²) in [5, 5.41) is 36.6. The Labute approximate surface area is 136 Å². The largest absolute Gasteiger partial charge is 0.396 e. The van der Waals surface area contributed by atoms with Crippen molar-refractivity contribution in [3.8, 4) is 0 Å². The normalized spacial score (nSPS) is 26.4. The lowest BCUT2D eigenvalue weighted by Gasteiger charge is -2.16. The van der Waals surface area contributed by atoms with Crippen LogP contribution in [-0.4, -0.2) is 71.5 Å². The molecule has 0 unspecified atom stereocenters. The van der Waals surface area contributed by atoms with Crippen LogP contribution in [-0.2, 0) is 4.74 Å². The van der Waals surface area contributed by atoms with Crippen LogP contribution in [0.3, 0.4) is 0 Å². The molecule has 0 radical (unpaired) electrons. The third kappa shape index (κ3) is 3.39.